The number of anilines is 2. The van der Waals surface area contributed by atoms with Crippen LogP contribution >= 0.6 is 11.3 Å². The monoisotopic (exact) mass is 379 g/mol. The lowest BCUT2D eigenvalue weighted by atomic mass is 10.3. The van der Waals surface area contributed by atoms with Gasteiger partial charge in [0.15, 0.2) is 11.0 Å². The van der Waals surface area contributed by atoms with Gasteiger partial charge < -0.3 is 19.8 Å². The van der Waals surface area contributed by atoms with E-state index in [-0.39, 0.29) is 5.76 Å². The smallest absolute Gasteiger partial charge is 0.374 e. The highest BCUT2D eigenvalue weighted by Crippen LogP contribution is 2.24. The van der Waals surface area contributed by atoms with Crippen LogP contribution in [0.4, 0.5) is 11.0 Å². The van der Waals surface area contributed by atoms with Crippen LogP contribution in [0.25, 0.3) is 10.2 Å². The number of rotatable bonds is 3. The molecule has 2 N–H and O–H groups in total. The minimum absolute atomic E-state index is 0.205. The van der Waals surface area contributed by atoms with E-state index in [4.69, 9.17) is 4.42 Å². The molecule has 3 rings (SSSR count). The van der Waals surface area contributed by atoms with Crippen molar-refractivity contribution >= 4 is 38.5 Å². The Labute approximate surface area is 159 Å². The number of esters is 1. The van der Waals surface area contributed by atoms with Gasteiger partial charge in [-0.25, -0.2) is 9.78 Å². The first-order valence-electron chi connectivity index (χ1n) is 8.57. The van der Waals surface area contributed by atoms with E-state index < -0.39 is 5.97 Å². The standard InChI is InChI=1S/C8H8N2S.C7H9NO3.2C2H6/c1-9-8-10-6-4-2-3-5-7(6)11-8;1-8-6-4-3-5(11-6)7(9)10-2;2*1-2/h2-5H,1H3,(H,9,10);3-4,8H,1-2H3;2*1-2H3. The lowest BCUT2D eigenvalue weighted by Crippen LogP contribution is -1.98. The van der Waals surface area contributed by atoms with E-state index in [0.717, 1.165) is 10.6 Å². The van der Waals surface area contributed by atoms with Gasteiger partial charge >= 0.3 is 5.97 Å². The van der Waals surface area contributed by atoms with Crippen molar-refractivity contribution in [3.05, 3.63) is 42.2 Å². The molecule has 0 aliphatic carbocycles. The number of para-hydroxylation sites is 1. The van der Waals surface area contributed by atoms with Crippen molar-refractivity contribution in [1.82, 2.24) is 4.98 Å². The van der Waals surface area contributed by atoms with Gasteiger partial charge in [-0.05, 0) is 18.2 Å². The van der Waals surface area contributed by atoms with E-state index in [1.807, 2.05) is 52.9 Å². The lowest BCUT2D eigenvalue weighted by molar-refractivity contribution is 0.0566. The Balaban J connectivity index is 0.000000404. The van der Waals surface area contributed by atoms with Gasteiger partial charge in [0.05, 0.1) is 17.3 Å². The third kappa shape index (κ3) is 7.14. The average Bonchev–Trinajstić information content (AvgIpc) is 3.37. The molecule has 26 heavy (non-hydrogen) atoms. The molecule has 0 radical (unpaired) electrons. The van der Waals surface area contributed by atoms with E-state index in [1.165, 1.54) is 11.8 Å². The van der Waals surface area contributed by atoms with Gasteiger partial charge in [-0.1, -0.05) is 51.2 Å². The number of nitrogens with one attached hydrogen (secondary N) is 2. The summed E-state index contributed by atoms with van der Waals surface area (Å²) in [6, 6.07) is 11.3. The first kappa shape index (κ1) is 23.5. The van der Waals surface area contributed by atoms with Gasteiger partial charge in [0, 0.05) is 20.2 Å². The van der Waals surface area contributed by atoms with Crippen molar-refractivity contribution in [1.29, 1.82) is 0 Å². The van der Waals surface area contributed by atoms with Crippen LogP contribution < -0.4 is 10.6 Å². The quantitative estimate of drug-likeness (QED) is 0.585. The molecule has 0 saturated carbocycles. The van der Waals surface area contributed by atoms with Crippen LogP contribution in [0, 0.1) is 0 Å². The second-order valence-electron chi connectivity index (χ2n) is 4.14. The van der Waals surface area contributed by atoms with Gasteiger partial charge in [-0.15, -0.1) is 0 Å². The number of hydrogen-bond acceptors (Lipinski definition) is 7. The largest absolute Gasteiger partial charge is 0.463 e. The van der Waals surface area contributed by atoms with Crippen molar-refractivity contribution in [2.24, 2.45) is 0 Å². The summed E-state index contributed by atoms with van der Waals surface area (Å²) >= 11 is 1.68. The molecular formula is C19H29N3O3S. The molecule has 0 amide bonds. The second-order valence-corrected chi connectivity index (χ2v) is 5.17. The Bertz CT molecular complexity index is 720. The predicted octanol–water partition coefficient (Wildman–Crippen LogP) is 5.50. The summed E-state index contributed by atoms with van der Waals surface area (Å²) in [6.07, 6.45) is 0. The van der Waals surface area contributed by atoms with E-state index in [9.17, 15) is 4.79 Å². The molecule has 0 atom stereocenters. The highest BCUT2D eigenvalue weighted by atomic mass is 32.1. The highest BCUT2D eigenvalue weighted by Gasteiger charge is 2.09. The summed E-state index contributed by atoms with van der Waals surface area (Å²) in [6.45, 7) is 8.00. The van der Waals surface area contributed by atoms with Crippen LogP contribution in [0.3, 0.4) is 0 Å². The van der Waals surface area contributed by atoms with Crippen molar-refractivity contribution < 1.29 is 13.9 Å². The highest BCUT2D eigenvalue weighted by molar-refractivity contribution is 7.22. The molecule has 1 aromatic carbocycles. The molecule has 0 spiro atoms. The molecule has 0 aliphatic rings. The number of methoxy groups -OCH3 is 1. The summed E-state index contributed by atoms with van der Waals surface area (Å²) in [5.41, 5.74) is 1.07. The van der Waals surface area contributed by atoms with Gasteiger partial charge in [0.1, 0.15) is 0 Å². The molecule has 2 aromatic heterocycles. The van der Waals surface area contributed by atoms with E-state index in [1.54, 1.807) is 30.5 Å². The van der Waals surface area contributed by atoms with Gasteiger partial charge in [-0.2, -0.15) is 0 Å². The third-order valence-corrected chi connectivity index (χ3v) is 3.80. The third-order valence-electron chi connectivity index (χ3n) is 2.75. The summed E-state index contributed by atoms with van der Waals surface area (Å²) in [5.74, 6) is 0.286. The zero-order valence-electron chi connectivity index (χ0n) is 16.5. The number of aromatic nitrogens is 1. The number of furan rings is 1. The SMILES string of the molecule is CC.CC.CNc1ccc(C(=O)OC)o1.CNc1nc2ccccc2s1. The maximum Gasteiger partial charge on any atom is 0.374 e. The molecule has 0 bridgehead atoms. The van der Waals surface area contributed by atoms with Crippen LogP contribution in [0.2, 0.25) is 0 Å². The van der Waals surface area contributed by atoms with E-state index >= 15 is 0 Å². The van der Waals surface area contributed by atoms with Gasteiger partial charge in [0.2, 0.25) is 5.76 Å². The number of hydrogen-bond donors (Lipinski definition) is 2. The fraction of sp³-hybridized carbons (Fsp3) is 0.368. The van der Waals surface area contributed by atoms with Crippen LogP contribution in [0.5, 0.6) is 0 Å². The molecule has 3 aromatic rings. The number of nitrogens with zero attached hydrogens (tertiary/aromatic N) is 1. The number of carbonyl (C=O) groups excluding carboxylic acids is 1. The predicted molar refractivity (Wildman–Crippen MR) is 111 cm³/mol. The number of benzene rings is 1. The maximum absolute atomic E-state index is 10.8. The number of carbonyl (C=O) groups is 1. The number of thiazole rings is 1. The summed E-state index contributed by atoms with van der Waals surface area (Å²) in [5, 5.41) is 6.75. The fourth-order valence-electron chi connectivity index (χ4n) is 1.66. The van der Waals surface area contributed by atoms with Crippen LogP contribution in [-0.2, 0) is 4.74 Å². The zero-order chi connectivity index (χ0) is 19.9. The second kappa shape index (κ2) is 13.7. The molecular weight excluding hydrogens is 350 g/mol. The minimum Gasteiger partial charge on any atom is -0.463 e. The van der Waals surface area contributed by atoms with Crippen LogP contribution in [0.1, 0.15) is 38.2 Å². The van der Waals surface area contributed by atoms with Crippen molar-refractivity contribution in [3.8, 4) is 0 Å². The summed E-state index contributed by atoms with van der Waals surface area (Å²) in [4.78, 5) is 15.1. The first-order chi connectivity index (χ1) is 12.7. The molecule has 0 unspecified atom stereocenters. The Hall–Kier alpha value is -2.54. The van der Waals surface area contributed by atoms with Crippen molar-refractivity contribution in [2.75, 3.05) is 31.8 Å². The van der Waals surface area contributed by atoms with Gasteiger partial charge in [0.25, 0.3) is 0 Å². The number of fused-ring (bicyclic) bond motifs is 1. The van der Waals surface area contributed by atoms with Crippen LogP contribution in [0.15, 0.2) is 40.8 Å². The molecule has 0 fully saturated rings. The molecule has 6 nitrogen and oxygen atoms in total. The average molecular weight is 380 g/mol. The van der Waals surface area contributed by atoms with Crippen molar-refractivity contribution in [2.45, 2.75) is 27.7 Å². The summed E-state index contributed by atoms with van der Waals surface area (Å²) in [7, 11) is 4.90. The Morgan fingerprint density at radius 1 is 1.04 bits per heavy atom. The topological polar surface area (TPSA) is 76.4 Å². The van der Waals surface area contributed by atoms with E-state index in [2.05, 4.69) is 26.4 Å². The lowest BCUT2D eigenvalue weighted by Gasteiger charge is -1.93. The Morgan fingerprint density at radius 3 is 2.19 bits per heavy atom. The fourth-order valence-corrected chi connectivity index (χ4v) is 2.48. The number of ether oxygens (including phenoxy) is 1. The Kier molecular flexibility index (Phi) is 12.4. The molecule has 2 heterocycles. The zero-order valence-corrected chi connectivity index (χ0v) is 17.4. The van der Waals surface area contributed by atoms with Crippen LogP contribution in [-0.4, -0.2) is 32.2 Å². The molecule has 144 valence electrons. The Morgan fingerprint density at radius 2 is 1.69 bits per heavy atom. The molecule has 0 aliphatic heterocycles. The molecule has 0 saturated heterocycles. The van der Waals surface area contributed by atoms with Gasteiger partial charge in [-0.3, -0.25) is 0 Å². The van der Waals surface area contributed by atoms with Crippen molar-refractivity contribution in [3.63, 3.8) is 0 Å². The first-order valence-corrected chi connectivity index (χ1v) is 9.38. The maximum atomic E-state index is 10.8. The minimum atomic E-state index is -0.466. The summed E-state index contributed by atoms with van der Waals surface area (Å²) < 4.78 is 10.7. The van der Waals surface area contributed by atoms with E-state index in [0.29, 0.717) is 5.88 Å². The normalized spacial score (nSPS) is 8.73. The molecule has 7 heteroatoms.